The van der Waals surface area contributed by atoms with Gasteiger partial charge in [0.25, 0.3) is 0 Å². The third-order valence-electron chi connectivity index (χ3n) is 8.45. The van der Waals surface area contributed by atoms with Crippen LogP contribution in [0.1, 0.15) is 56.8 Å². The zero-order valence-electron chi connectivity index (χ0n) is 29.6. The van der Waals surface area contributed by atoms with E-state index in [0.29, 0.717) is 54.5 Å². The molecule has 2 heterocycles. The minimum Gasteiger partial charge on any atom is -0.494 e. The Morgan fingerprint density at radius 2 is 1.74 bits per heavy atom. The summed E-state index contributed by atoms with van der Waals surface area (Å²) in [7, 11) is -2.58. The van der Waals surface area contributed by atoms with E-state index in [1.54, 1.807) is 62.2 Å². The van der Waals surface area contributed by atoms with Crippen LogP contribution in [0.15, 0.2) is 71.8 Å². The maximum absolute atomic E-state index is 15.6. The molecule has 13 nitrogen and oxygen atoms in total. The topological polar surface area (TPSA) is 190 Å². The van der Waals surface area contributed by atoms with Crippen molar-refractivity contribution in [3.8, 4) is 5.75 Å². The molecule has 1 aliphatic heterocycles. The summed E-state index contributed by atoms with van der Waals surface area (Å²) in [4.78, 5) is 41.3. The number of alkyl halides is 3. The second-order valence-electron chi connectivity index (χ2n) is 12.3. The summed E-state index contributed by atoms with van der Waals surface area (Å²) in [5.74, 6) is -3.09. The predicted molar refractivity (Wildman–Crippen MR) is 192 cm³/mol. The average molecular weight is 778 g/mol. The maximum atomic E-state index is 15.6. The lowest BCUT2D eigenvalue weighted by molar-refractivity contribution is -0.192. The highest BCUT2D eigenvalue weighted by atomic mass is 32.2. The van der Waals surface area contributed by atoms with Crippen molar-refractivity contribution in [3.05, 3.63) is 83.8 Å². The largest absolute Gasteiger partial charge is 0.494 e. The summed E-state index contributed by atoms with van der Waals surface area (Å²) in [6.45, 7) is 5.61. The molecule has 1 aliphatic rings. The van der Waals surface area contributed by atoms with Crippen LogP contribution in [0.5, 0.6) is 5.75 Å². The van der Waals surface area contributed by atoms with Gasteiger partial charge >= 0.3 is 18.2 Å². The minimum absolute atomic E-state index is 0.0578. The van der Waals surface area contributed by atoms with Gasteiger partial charge in [0.1, 0.15) is 23.4 Å². The number of carboxylic acids is 1. The zero-order chi connectivity index (χ0) is 40.0. The monoisotopic (exact) mass is 777 g/mol. The molecule has 0 bridgehead atoms. The van der Waals surface area contributed by atoms with Crippen molar-refractivity contribution in [2.75, 3.05) is 36.6 Å². The SMILES string of the molecule is CCOc1ccc(F)c([C@H](Nc2ccc3c(N)nccc3c2)C(=O)N2CCC[C@@H]2c2cc(NC(=O)OC)ccc2S(=O)(=O)C(C)C)c1.O=C(O)C(F)(F)F. The number of hydrogen-bond acceptors (Lipinski definition) is 10. The van der Waals surface area contributed by atoms with E-state index in [9.17, 15) is 31.2 Å². The Balaban J connectivity index is 0.000000845. The summed E-state index contributed by atoms with van der Waals surface area (Å²) in [5, 5.41) is 13.7. The number of benzene rings is 3. The van der Waals surface area contributed by atoms with Crippen LogP contribution in [-0.4, -0.2) is 73.1 Å². The van der Waals surface area contributed by atoms with E-state index < -0.39 is 57.1 Å². The third kappa shape index (κ3) is 9.47. The summed E-state index contributed by atoms with van der Waals surface area (Å²) < 4.78 is 84.8. The van der Waals surface area contributed by atoms with Crippen LogP contribution < -0.4 is 21.1 Å². The van der Waals surface area contributed by atoms with E-state index in [0.717, 1.165) is 10.8 Å². The lowest BCUT2D eigenvalue weighted by atomic mass is 10.00. The molecule has 3 aromatic carbocycles. The first-order chi connectivity index (χ1) is 25.4. The van der Waals surface area contributed by atoms with Crippen LogP contribution in [0.4, 0.5) is 39.5 Å². The zero-order valence-corrected chi connectivity index (χ0v) is 30.4. The molecule has 5 rings (SSSR count). The Kier molecular flexibility index (Phi) is 12.9. The number of pyridine rings is 1. The standard InChI is InChI=1S/C34H38FN5O6S.C2HF3O2/c1-5-46-24-10-12-28(35)26(19-24)31(38-22-8-11-25-21(17-22)14-15-37-32(25)36)33(41)40-16-6-7-29(40)27-18-23(39-34(42)45-4)9-13-30(27)47(43,44)20(2)3;3-2(4,5)1(6)7/h8-15,17-20,29,31,38H,5-7,16H2,1-4H3,(H2,36,37)(H,39,42);(H,6,7)/t29-,31+;/m1./s1. The first-order valence-corrected chi connectivity index (χ1v) is 18.1. The normalized spacial score (nSPS) is 14.9. The summed E-state index contributed by atoms with van der Waals surface area (Å²) >= 11 is 0. The molecule has 290 valence electrons. The van der Waals surface area contributed by atoms with Crippen molar-refractivity contribution in [2.45, 2.75) is 62.0 Å². The van der Waals surface area contributed by atoms with Gasteiger partial charge in [0, 0.05) is 35.1 Å². The number of carbonyl (C=O) groups excluding carboxylic acids is 2. The molecule has 54 heavy (non-hydrogen) atoms. The number of fused-ring (bicyclic) bond motifs is 1. The molecule has 5 N–H and O–H groups in total. The van der Waals surface area contributed by atoms with Crippen LogP contribution in [0.2, 0.25) is 0 Å². The van der Waals surface area contributed by atoms with Crippen molar-refractivity contribution in [2.24, 2.45) is 0 Å². The molecule has 2 amide bonds. The van der Waals surface area contributed by atoms with Gasteiger partial charge < -0.3 is 30.5 Å². The molecule has 1 aromatic heterocycles. The van der Waals surface area contributed by atoms with Crippen molar-refractivity contribution in [3.63, 3.8) is 0 Å². The highest BCUT2D eigenvalue weighted by molar-refractivity contribution is 7.92. The number of aromatic nitrogens is 1. The van der Waals surface area contributed by atoms with E-state index in [4.69, 9.17) is 25.1 Å². The number of carboxylic acid groups (broad SMARTS) is 1. The smallest absolute Gasteiger partial charge is 0.490 e. The number of nitrogens with two attached hydrogens (primary N) is 1. The average Bonchev–Trinajstić information content (AvgIpc) is 3.61. The number of nitrogens with one attached hydrogen (secondary N) is 2. The number of anilines is 3. The fourth-order valence-corrected chi connectivity index (χ4v) is 7.11. The number of hydrogen-bond donors (Lipinski definition) is 4. The van der Waals surface area contributed by atoms with Crippen LogP contribution in [0.3, 0.4) is 0 Å². The van der Waals surface area contributed by atoms with Crippen LogP contribution >= 0.6 is 0 Å². The van der Waals surface area contributed by atoms with Gasteiger partial charge in [-0.3, -0.25) is 10.1 Å². The number of carbonyl (C=O) groups is 3. The maximum Gasteiger partial charge on any atom is 0.490 e. The summed E-state index contributed by atoms with van der Waals surface area (Å²) in [6, 6.07) is 13.9. The Morgan fingerprint density at radius 3 is 2.37 bits per heavy atom. The van der Waals surface area contributed by atoms with Crippen molar-refractivity contribution in [1.82, 2.24) is 9.88 Å². The summed E-state index contributed by atoms with van der Waals surface area (Å²) in [5.41, 5.74) is 7.31. The van der Waals surface area contributed by atoms with Crippen molar-refractivity contribution < 1.29 is 54.9 Å². The molecular formula is C36H39F4N5O8S. The first kappa shape index (κ1) is 41.1. The Labute approximate surface area is 308 Å². The fourth-order valence-electron chi connectivity index (χ4n) is 5.82. The Morgan fingerprint density at radius 1 is 1.06 bits per heavy atom. The number of aliphatic carboxylic acids is 1. The Hall–Kier alpha value is -5.65. The Bertz CT molecular complexity index is 2130. The van der Waals surface area contributed by atoms with Gasteiger partial charge in [-0.15, -0.1) is 0 Å². The summed E-state index contributed by atoms with van der Waals surface area (Å²) in [6.07, 6.45) is -3.21. The van der Waals surface area contributed by atoms with E-state index in [1.165, 1.54) is 37.4 Å². The van der Waals surface area contributed by atoms with E-state index in [-0.39, 0.29) is 10.5 Å². The molecular weight excluding hydrogens is 738 g/mol. The molecule has 18 heteroatoms. The van der Waals surface area contributed by atoms with E-state index in [1.807, 2.05) is 0 Å². The molecule has 0 radical (unpaired) electrons. The highest BCUT2D eigenvalue weighted by Crippen LogP contribution is 2.41. The van der Waals surface area contributed by atoms with Gasteiger partial charge in [0.15, 0.2) is 9.84 Å². The van der Waals surface area contributed by atoms with Crippen molar-refractivity contribution >= 4 is 55.8 Å². The fraction of sp³-hybridized carbons (Fsp3) is 0.333. The van der Waals surface area contributed by atoms with E-state index in [2.05, 4.69) is 15.6 Å². The number of methoxy groups -OCH3 is 1. The number of nitrogen functional groups attached to an aromatic ring is 1. The van der Waals surface area contributed by atoms with Crippen molar-refractivity contribution in [1.29, 1.82) is 0 Å². The van der Waals surface area contributed by atoms with E-state index >= 15 is 4.39 Å². The number of likely N-dealkylation sites (tertiary alicyclic amines) is 1. The van der Waals surface area contributed by atoms with Gasteiger partial charge in [-0.1, -0.05) is 0 Å². The number of ether oxygens (including phenoxy) is 2. The number of halogens is 4. The highest BCUT2D eigenvalue weighted by Gasteiger charge is 2.39. The molecule has 0 aliphatic carbocycles. The lowest BCUT2D eigenvalue weighted by Gasteiger charge is -2.32. The molecule has 0 saturated carbocycles. The second-order valence-corrected chi connectivity index (χ2v) is 14.8. The molecule has 4 aromatic rings. The van der Waals surface area contributed by atoms with Crippen LogP contribution in [-0.2, 0) is 24.2 Å². The van der Waals surface area contributed by atoms with Gasteiger partial charge in [-0.25, -0.2) is 27.4 Å². The lowest BCUT2D eigenvalue weighted by Crippen LogP contribution is -2.38. The van der Waals surface area contributed by atoms with Gasteiger partial charge in [0.2, 0.25) is 5.91 Å². The number of rotatable bonds is 10. The van der Waals surface area contributed by atoms with Crippen LogP contribution in [0.25, 0.3) is 10.8 Å². The molecule has 0 unspecified atom stereocenters. The van der Waals surface area contributed by atoms with Crippen LogP contribution in [0, 0.1) is 5.82 Å². The number of nitrogens with zero attached hydrogens (tertiary/aromatic N) is 2. The quantitative estimate of drug-likeness (QED) is 0.123. The molecule has 1 fully saturated rings. The molecule has 1 saturated heterocycles. The number of sulfone groups is 1. The predicted octanol–water partition coefficient (Wildman–Crippen LogP) is 6.87. The second kappa shape index (κ2) is 17.0. The number of amides is 2. The van der Waals surface area contributed by atoms with Gasteiger partial charge in [-0.05, 0) is 105 Å². The van der Waals surface area contributed by atoms with Gasteiger partial charge in [-0.2, -0.15) is 13.2 Å². The first-order valence-electron chi connectivity index (χ1n) is 16.5. The third-order valence-corrected chi connectivity index (χ3v) is 10.7. The molecule has 0 spiro atoms. The van der Waals surface area contributed by atoms with Gasteiger partial charge in [0.05, 0.1) is 29.9 Å². The molecule has 2 atom stereocenters. The minimum atomic E-state index is -5.08.